The van der Waals surface area contributed by atoms with Crippen molar-refractivity contribution in [1.29, 1.82) is 0 Å². The fourth-order valence-electron chi connectivity index (χ4n) is 1.57. The molecule has 0 radical (unpaired) electrons. The SMILES string of the molecule is O=C(Nc1ccc(S(=O)(=O)Cl)cc1F)c1cccc(F)c1. The van der Waals surface area contributed by atoms with E-state index in [9.17, 15) is 22.0 Å². The average Bonchev–Trinajstić information content (AvgIpc) is 2.39. The van der Waals surface area contributed by atoms with Crippen LogP contribution in [0.15, 0.2) is 47.4 Å². The number of benzene rings is 2. The number of nitrogens with one attached hydrogen (secondary N) is 1. The highest BCUT2D eigenvalue weighted by molar-refractivity contribution is 8.13. The van der Waals surface area contributed by atoms with E-state index in [1.165, 1.54) is 12.1 Å². The largest absolute Gasteiger partial charge is 0.319 e. The number of hydrogen-bond acceptors (Lipinski definition) is 3. The molecule has 4 nitrogen and oxygen atoms in total. The summed E-state index contributed by atoms with van der Waals surface area (Å²) < 4.78 is 48.8. The fraction of sp³-hybridized carbons (Fsp3) is 0. The van der Waals surface area contributed by atoms with Gasteiger partial charge in [0.25, 0.3) is 15.0 Å². The van der Waals surface area contributed by atoms with Crippen LogP contribution in [0.3, 0.4) is 0 Å². The predicted molar refractivity (Wildman–Crippen MR) is 73.8 cm³/mol. The monoisotopic (exact) mass is 331 g/mol. The Labute approximate surface area is 123 Å². The lowest BCUT2D eigenvalue weighted by Crippen LogP contribution is -2.13. The second kappa shape index (κ2) is 5.79. The van der Waals surface area contributed by atoms with Gasteiger partial charge in [0.15, 0.2) is 0 Å². The molecule has 110 valence electrons. The standard InChI is InChI=1S/C13H8ClF2NO3S/c14-21(19,20)10-4-5-12(11(16)7-10)17-13(18)8-2-1-3-9(15)6-8/h1-7H,(H,17,18). The summed E-state index contributed by atoms with van der Waals surface area (Å²) in [5.74, 6) is -2.30. The molecule has 0 saturated heterocycles. The maximum Gasteiger partial charge on any atom is 0.261 e. The summed E-state index contributed by atoms with van der Waals surface area (Å²) in [4.78, 5) is 11.4. The minimum atomic E-state index is -4.06. The molecule has 0 atom stereocenters. The normalized spacial score (nSPS) is 11.2. The summed E-state index contributed by atoms with van der Waals surface area (Å²) in [6.07, 6.45) is 0. The number of hydrogen-bond donors (Lipinski definition) is 1. The van der Waals surface area contributed by atoms with Crippen LogP contribution in [0.25, 0.3) is 0 Å². The lowest BCUT2D eigenvalue weighted by Gasteiger charge is -2.07. The van der Waals surface area contributed by atoms with Gasteiger partial charge in [-0.25, -0.2) is 17.2 Å². The van der Waals surface area contributed by atoms with Gasteiger partial charge >= 0.3 is 0 Å². The highest BCUT2D eigenvalue weighted by atomic mass is 35.7. The van der Waals surface area contributed by atoms with Gasteiger partial charge in [-0.05, 0) is 36.4 Å². The molecule has 0 bridgehead atoms. The summed E-state index contributed by atoms with van der Waals surface area (Å²) in [6.45, 7) is 0. The number of halogens is 3. The summed E-state index contributed by atoms with van der Waals surface area (Å²) in [6, 6.07) is 7.64. The van der Waals surface area contributed by atoms with Crippen LogP contribution in [-0.2, 0) is 9.05 Å². The first-order valence-electron chi connectivity index (χ1n) is 5.58. The molecule has 21 heavy (non-hydrogen) atoms. The van der Waals surface area contributed by atoms with E-state index in [0.29, 0.717) is 6.07 Å². The van der Waals surface area contributed by atoms with E-state index in [0.717, 1.165) is 24.3 Å². The molecule has 1 N–H and O–H groups in total. The number of carbonyl (C=O) groups is 1. The second-order valence-electron chi connectivity index (χ2n) is 4.04. The van der Waals surface area contributed by atoms with Crippen molar-refractivity contribution in [3.8, 4) is 0 Å². The van der Waals surface area contributed by atoms with Crippen molar-refractivity contribution in [2.45, 2.75) is 4.90 Å². The topological polar surface area (TPSA) is 63.2 Å². The zero-order chi connectivity index (χ0) is 15.6. The predicted octanol–water partition coefficient (Wildman–Crippen LogP) is 3.14. The molecule has 0 heterocycles. The molecule has 0 aliphatic rings. The first-order chi connectivity index (χ1) is 9.77. The number of anilines is 1. The van der Waals surface area contributed by atoms with Crippen LogP contribution < -0.4 is 5.32 Å². The van der Waals surface area contributed by atoms with E-state index in [-0.39, 0.29) is 11.3 Å². The van der Waals surface area contributed by atoms with E-state index in [1.54, 1.807) is 0 Å². The molecule has 0 aliphatic heterocycles. The van der Waals surface area contributed by atoms with Crippen LogP contribution in [-0.4, -0.2) is 14.3 Å². The van der Waals surface area contributed by atoms with Crippen molar-refractivity contribution in [3.05, 3.63) is 59.7 Å². The van der Waals surface area contributed by atoms with Gasteiger partial charge in [0.1, 0.15) is 11.6 Å². The van der Waals surface area contributed by atoms with E-state index < -0.39 is 31.5 Å². The lowest BCUT2D eigenvalue weighted by molar-refractivity contribution is 0.102. The van der Waals surface area contributed by atoms with Crippen LogP contribution in [0.5, 0.6) is 0 Å². The molecule has 0 aliphatic carbocycles. The lowest BCUT2D eigenvalue weighted by atomic mass is 10.2. The quantitative estimate of drug-likeness (QED) is 0.879. The molecule has 0 unspecified atom stereocenters. The van der Waals surface area contributed by atoms with E-state index >= 15 is 0 Å². The van der Waals surface area contributed by atoms with Gasteiger partial charge in [0.2, 0.25) is 0 Å². The Morgan fingerprint density at radius 2 is 1.81 bits per heavy atom. The smallest absolute Gasteiger partial charge is 0.261 e. The molecule has 2 rings (SSSR count). The third kappa shape index (κ3) is 3.77. The third-order valence-corrected chi connectivity index (χ3v) is 3.91. The van der Waals surface area contributed by atoms with Gasteiger partial charge in [-0.15, -0.1) is 0 Å². The Morgan fingerprint density at radius 1 is 1.10 bits per heavy atom. The number of amides is 1. The molecule has 0 aromatic heterocycles. The number of rotatable bonds is 3. The van der Waals surface area contributed by atoms with E-state index in [1.807, 2.05) is 0 Å². The highest BCUT2D eigenvalue weighted by Crippen LogP contribution is 2.22. The Bertz CT molecular complexity index is 809. The van der Waals surface area contributed by atoms with Crippen molar-refractivity contribution in [2.24, 2.45) is 0 Å². The van der Waals surface area contributed by atoms with Crippen LogP contribution in [0.1, 0.15) is 10.4 Å². The maximum atomic E-state index is 13.7. The van der Waals surface area contributed by atoms with Crippen molar-refractivity contribution in [1.82, 2.24) is 0 Å². The van der Waals surface area contributed by atoms with Crippen molar-refractivity contribution < 1.29 is 22.0 Å². The molecule has 2 aromatic carbocycles. The minimum absolute atomic E-state index is 0.00319. The summed E-state index contributed by atoms with van der Waals surface area (Å²) in [5.41, 5.74) is -0.239. The second-order valence-corrected chi connectivity index (χ2v) is 6.61. The summed E-state index contributed by atoms with van der Waals surface area (Å²) in [5, 5.41) is 2.21. The molecule has 2 aromatic rings. The summed E-state index contributed by atoms with van der Waals surface area (Å²) in [7, 11) is 1.02. The summed E-state index contributed by atoms with van der Waals surface area (Å²) >= 11 is 0. The zero-order valence-electron chi connectivity index (χ0n) is 10.3. The molecule has 0 fully saturated rings. The van der Waals surface area contributed by atoms with Gasteiger partial charge in [-0.2, -0.15) is 0 Å². The van der Waals surface area contributed by atoms with Crippen LogP contribution in [0, 0.1) is 11.6 Å². The molecule has 0 spiro atoms. The zero-order valence-corrected chi connectivity index (χ0v) is 11.9. The van der Waals surface area contributed by atoms with Gasteiger partial charge in [0, 0.05) is 16.2 Å². The van der Waals surface area contributed by atoms with Gasteiger partial charge in [0.05, 0.1) is 10.6 Å². The molecule has 1 amide bonds. The van der Waals surface area contributed by atoms with Crippen LogP contribution in [0.4, 0.5) is 14.5 Å². The first kappa shape index (κ1) is 15.4. The average molecular weight is 332 g/mol. The fourth-order valence-corrected chi connectivity index (χ4v) is 2.34. The van der Waals surface area contributed by atoms with E-state index in [4.69, 9.17) is 10.7 Å². The highest BCUT2D eigenvalue weighted by Gasteiger charge is 2.15. The van der Waals surface area contributed by atoms with Crippen molar-refractivity contribution in [3.63, 3.8) is 0 Å². The molecule has 8 heteroatoms. The van der Waals surface area contributed by atoms with Gasteiger partial charge < -0.3 is 5.32 Å². The van der Waals surface area contributed by atoms with E-state index in [2.05, 4.69) is 5.32 Å². The Hall–Kier alpha value is -1.99. The van der Waals surface area contributed by atoms with Crippen LogP contribution >= 0.6 is 10.7 Å². The van der Waals surface area contributed by atoms with Gasteiger partial charge in [-0.1, -0.05) is 6.07 Å². The van der Waals surface area contributed by atoms with Crippen molar-refractivity contribution in [2.75, 3.05) is 5.32 Å². The van der Waals surface area contributed by atoms with Crippen molar-refractivity contribution >= 4 is 31.3 Å². The van der Waals surface area contributed by atoms with Crippen LogP contribution in [0.2, 0.25) is 0 Å². The maximum absolute atomic E-state index is 13.7. The first-order valence-corrected chi connectivity index (χ1v) is 7.89. The minimum Gasteiger partial charge on any atom is -0.319 e. The number of carbonyl (C=O) groups excluding carboxylic acids is 1. The molecular formula is C13H8ClF2NO3S. The Kier molecular flexibility index (Phi) is 4.24. The Balaban J connectivity index is 2.26. The molecule has 0 saturated carbocycles. The van der Waals surface area contributed by atoms with Gasteiger partial charge in [-0.3, -0.25) is 4.79 Å². The third-order valence-electron chi connectivity index (χ3n) is 2.56. The molecular weight excluding hydrogens is 324 g/mol. The Morgan fingerprint density at radius 3 is 2.38 bits per heavy atom.